The Kier molecular flexibility index (Phi) is 3.79. The molecule has 0 aromatic carbocycles. The zero-order valence-corrected chi connectivity index (χ0v) is 13.9. The number of fused-ring (bicyclic) bond motifs is 2. The quantitative estimate of drug-likeness (QED) is 0.807. The molecule has 116 valence electrons. The zero-order valence-electron chi connectivity index (χ0n) is 13.1. The summed E-state index contributed by atoms with van der Waals surface area (Å²) in [5.41, 5.74) is 0.364. The fourth-order valence-corrected chi connectivity index (χ4v) is 4.30. The highest BCUT2D eigenvalue weighted by Crippen LogP contribution is 2.50. The molecule has 2 atom stereocenters. The van der Waals surface area contributed by atoms with Crippen LogP contribution in [0.1, 0.15) is 45.6 Å². The molecule has 2 aliphatic rings. The predicted molar refractivity (Wildman–Crippen MR) is 85.3 cm³/mol. The Balaban J connectivity index is 1.97. The van der Waals surface area contributed by atoms with Crippen molar-refractivity contribution in [2.75, 3.05) is 13.1 Å². The third-order valence-electron chi connectivity index (χ3n) is 5.37. The van der Waals surface area contributed by atoms with E-state index in [0.717, 1.165) is 31.5 Å². The standard InChI is InChI=1S/C17H25ClN2O/c1-16(2,3)20-10-13-5-4-6-14(11-20)17(13,21)12-7-8-19-15(18)9-12/h7-9,13-14,21H,4-6,10-11H2,1-3H3. The van der Waals surface area contributed by atoms with E-state index in [2.05, 4.69) is 30.7 Å². The summed E-state index contributed by atoms with van der Waals surface area (Å²) in [4.78, 5) is 6.58. The fourth-order valence-electron chi connectivity index (χ4n) is 4.12. The lowest BCUT2D eigenvalue weighted by Crippen LogP contribution is -2.61. The number of hydrogen-bond donors (Lipinski definition) is 1. The van der Waals surface area contributed by atoms with Crippen LogP contribution in [-0.2, 0) is 5.60 Å². The molecule has 2 fully saturated rings. The minimum Gasteiger partial charge on any atom is -0.384 e. The average Bonchev–Trinajstić information content (AvgIpc) is 2.36. The highest BCUT2D eigenvalue weighted by atomic mass is 35.5. The summed E-state index contributed by atoms with van der Waals surface area (Å²) in [5, 5.41) is 12.0. The van der Waals surface area contributed by atoms with Crippen molar-refractivity contribution in [3.8, 4) is 0 Å². The zero-order chi connectivity index (χ0) is 15.3. The summed E-state index contributed by atoms with van der Waals surface area (Å²) < 4.78 is 0. The molecule has 3 nitrogen and oxygen atoms in total. The Morgan fingerprint density at radius 2 is 1.90 bits per heavy atom. The third kappa shape index (κ3) is 2.60. The third-order valence-corrected chi connectivity index (χ3v) is 5.58. The van der Waals surface area contributed by atoms with E-state index in [1.54, 1.807) is 6.20 Å². The smallest absolute Gasteiger partial charge is 0.129 e. The number of pyridine rings is 1. The molecule has 4 heteroatoms. The van der Waals surface area contributed by atoms with Crippen molar-refractivity contribution in [2.24, 2.45) is 11.8 Å². The van der Waals surface area contributed by atoms with Crippen LogP contribution in [-0.4, -0.2) is 33.6 Å². The number of rotatable bonds is 1. The maximum Gasteiger partial charge on any atom is 0.129 e. The van der Waals surface area contributed by atoms with Crippen molar-refractivity contribution in [2.45, 2.75) is 51.2 Å². The van der Waals surface area contributed by atoms with Gasteiger partial charge in [-0.1, -0.05) is 18.0 Å². The van der Waals surface area contributed by atoms with Crippen molar-refractivity contribution in [3.05, 3.63) is 29.0 Å². The first kappa shape index (κ1) is 15.3. The summed E-state index contributed by atoms with van der Waals surface area (Å²) in [6.07, 6.45) is 5.09. The maximum absolute atomic E-state index is 11.5. The van der Waals surface area contributed by atoms with Gasteiger partial charge in [0.25, 0.3) is 0 Å². The maximum atomic E-state index is 11.5. The van der Waals surface area contributed by atoms with E-state index in [1.165, 1.54) is 6.42 Å². The van der Waals surface area contributed by atoms with Crippen LogP contribution in [0.2, 0.25) is 5.15 Å². The number of hydrogen-bond acceptors (Lipinski definition) is 3. The van der Waals surface area contributed by atoms with Gasteiger partial charge in [-0.25, -0.2) is 4.98 Å². The van der Waals surface area contributed by atoms with Crippen LogP contribution in [0.3, 0.4) is 0 Å². The lowest BCUT2D eigenvalue weighted by atomic mass is 9.62. The Morgan fingerprint density at radius 1 is 1.29 bits per heavy atom. The van der Waals surface area contributed by atoms with Gasteiger partial charge < -0.3 is 5.11 Å². The molecule has 1 saturated carbocycles. The second-order valence-corrected chi connectivity index (χ2v) is 7.98. The van der Waals surface area contributed by atoms with E-state index in [0.29, 0.717) is 5.15 Å². The summed E-state index contributed by atoms with van der Waals surface area (Å²) in [7, 11) is 0. The van der Waals surface area contributed by atoms with Gasteiger partial charge in [0.1, 0.15) is 5.15 Å². The van der Waals surface area contributed by atoms with Crippen LogP contribution in [0.25, 0.3) is 0 Å². The van der Waals surface area contributed by atoms with Crippen molar-refractivity contribution in [3.63, 3.8) is 0 Å². The van der Waals surface area contributed by atoms with Crippen molar-refractivity contribution < 1.29 is 5.11 Å². The number of nitrogens with zero attached hydrogens (tertiary/aromatic N) is 2. The molecule has 0 amide bonds. The van der Waals surface area contributed by atoms with E-state index < -0.39 is 5.60 Å². The minimum absolute atomic E-state index is 0.158. The van der Waals surface area contributed by atoms with Crippen molar-refractivity contribution in [1.82, 2.24) is 9.88 Å². The molecule has 1 N–H and O–H groups in total. The number of aliphatic hydroxyl groups is 1. The normalized spacial score (nSPS) is 34.0. The molecule has 2 heterocycles. The molecular formula is C17H25ClN2O. The lowest BCUT2D eigenvalue weighted by Gasteiger charge is -2.56. The molecular weight excluding hydrogens is 284 g/mol. The van der Waals surface area contributed by atoms with Crippen LogP contribution >= 0.6 is 11.6 Å². The fraction of sp³-hybridized carbons (Fsp3) is 0.706. The number of piperidine rings is 1. The minimum atomic E-state index is -0.743. The predicted octanol–water partition coefficient (Wildman–Crippen LogP) is 3.45. The van der Waals surface area contributed by atoms with Crippen LogP contribution in [0, 0.1) is 11.8 Å². The number of aromatic nitrogens is 1. The monoisotopic (exact) mass is 308 g/mol. The van der Waals surface area contributed by atoms with Crippen LogP contribution in [0.15, 0.2) is 18.3 Å². The lowest BCUT2D eigenvalue weighted by molar-refractivity contribution is -0.160. The molecule has 1 aromatic heterocycles. The van der Waals surface area contributed by atoms with Crippen molar-refractivity contribution in [1.29, 1.82) is 0 Å². The molecule has 3 rings (SSSR count). The van der Waals surface area contributed by atoms with Crippen molar-refractivity contribution >= 4 is 11.6 Å². The van der Waals surface area contributed by atoms with E-state index >= 15 is 0 Å². The molecule has 0 spiro atoms. The molecule has 21 heavy (non-hydrogen) atoms. The Bertz CT molecular complexity index is 512. The molecule has 2 unspecified atom stereocenters. The first-order chi connectivity index (χ1) is 9.81. The Labute approximate surface area is 132 Å². The van der Waals surface area contributed by atoms with Crippen LogP contribution in [0.5, 0.6) is 0 Å². The van der Waals surface area contributed by atoms with Gasteiger partial charge in [0.15, 0.2) is 0 Å². The van der Waals surface area contributed by atoms with Gasteiger partial charge in [0.2, 0.25) is 0 Å². The number of halogens is 1. The highest BCUT2D eigenvalue weighted by molar-refractivity contribution is 6.29. The van der Waals surface area contributed by atoms with E-state index in [1.807, 2.05) is 12.1 Å². The van der Waals surface area contributed by atoms with E-state index in [9.17, 15) is 5.11 Å². The van der Waals surface area contributed by atoms with Crippen LogP contribution < -0.4 is 0 Å². The SMILES string of the molecule is CC(C)(C)N1CC2CCCC(C1)C2(O)c1ccnc(Cl)c1. The highest BCUT2D eigenvalue weighted by Gasteiger charge is 2.52. The second kappa shape index (κ2) is 5.22. The topological polar surface area (TPSA) is 36.4 Å². The van der Waals surface area contributed by atoms with Gasteiger partial charge in [-0.05, 0) is 51.3 Å². The Morgan fingerprint density at radius 3 is 2.43 bits per heavy atom. The summed E-state index contributed by atoms with van der Waals surface area (Å²) >= 11 is 6.05. The Hall–Kier alpha value is -0.640. The first-order valence-electron chi connectivity index (χ1n) is 7.91. The summed E-state index contributed by atoms with van der Waals surface area (Å²) in [6.45, 7) is 8.69. The summed E-state index contributed by atoms with van der Waals surface area (Å²) in [5.74, 6) is 0.561. The van der Waals surface area contributed by atoms with Gasteiger partial charge in [-0.2, -0.15) is 0 Å². The van der Waals surface area contributed by atoms with Gasteiger partial charge in [-0.15, -0.1) is 0 Å². The van der Waals surface area contributed by atoms with Gasteiger partial charge in [-0.3, -0.25) is 4.90 Å². The van der Waals surface area contributed by atoms with Crippen LogP contribution in [0.4, 0.5) is 0 Å². The van der Waals surface area contributed by atoms with Gasteiger partial charge >= 0.3 is 0 Å². The molecule has 0 radical (unpaired) electrons. The molecule has 1 aromatic rings. The summed E-state index contributed by atoms with van der Waals surface area (Å²) in [6, 6.07) is 3.78. The average molecular weight is 309 g/mol. The van der Waals surface area contributed by atoms with Gasteiger partial charge in [0.05, 0.1) is 5.60 Å². The van der Waals surface area contributed by atoms with E-state index in [4.69, 9.17) is 11.6 Å². The molecule has 1 aliphatic carbocycles. The molecule has 1 saturated heterocycles. The first-order valence-corrected chi connectivity index (χ1v) is 8.29. The largest absolute Gasteiger partial charge is 0.384 e. The molecule has 1 aliphatic heterocycles. The number of likely N-dealkylation sites (tertiary alicyclic amines) is 1. The van der Waals surface area contributed by atoms with Gasteiger partial charge in [0, 0.05) is 36.7 Å². The van der Waals surface area contributed by atoms with E-state index in [-0.39, 0.29) is 17.4 Å². The molecule has 2 bridgehead atoms. The second-order valence-electron chi connectivity index (χ2n) is 7.59.